The molecule has 1 amide bonds. The van der Waals surface area contributed by atoms with Gasteiger partial charge in [-0.1, -0.05) is 18.6 Å². The van der Waals surface area contributed by atoms with E-state index in [1.807, 2.05) is 18.0 Å². The van der Waals surface area contributed by atoms with Gasteiger partial charge in [-0.05, 0) is 56.3 Å². The van der Waals surface area contributed by atoms with Gasteiger partial charge in [0.2, 0.25) is 0 Å². The first kappa shape index (κ1) is 20.0. The molecular weight excluding hydrogens is 364 g/mol. The zero-order valence-electron chi connectivity index (χ0n) is 17.4. The van der Waals surface area contributed by atoms with E-state index in [2.05, 4.69) is 28.1 Å². The van der Waals surface area contributed by atoms with Crippen LogP contribution in [0.25, 0.3) is 0 Å². The predicted molar refractivity (Wildman–Crippen MR) is 113 cm³/mol. The topological polar surface area (TPSA) is 50.6 Å². The minimum absolute atomic E-state index is 0.0626. The van der Waals surface area contributed by atoms with Crippen molar-refractivity contribution in [2.75, 3.05) is 32.8 Å². The Morgan fingerprint density at radius 1 is 1.10 bits per heavy atom. The average molecular weight is 397 g/mol. The van der Waals surface area contributed by atoms with Crippen molar-refractivity contribution in [1.29, 1.82) is 0 Å². The van der Waals surface area contributed by atoms with Gasteiger partial charge in [-0.25, -0.2) is 4.98 Å². The van der Waals surface area contributed by atoms with Gasteiger partial charge in [-0.2, -0.15) is 0 Å². The van der Waals surface area contributed by atoms with Gasteiger partial charge in [0.15, 0.2) is 0 Å². The van der Waals surface area contributed by atoms with Crippen molar-refractivity contribution in [2.24, 2.45) is 7.05 Å². The SMILES string of the molecule is Cn1cncc1C(=O)N1CCCOc2cccc(c2)CCC2CCCCN2CC1. The highest BCUT2D eigenvalue weighted by Crippen LogP contribution is 2.23. The molecule has 1 aromatic heterocycles. The van der Waals surface area contributed by atoms with E-state index in [1.165, 1.54) is 31.2 Å². The third kappa shape index (κ3) is 4.99. The van der Waals surface area contributed by atoms with E-state index >= 15 is 0 Å². The minimum Gasteiger partial charge on any atom is -0.494 e. The molecule has 156 valence electrons. The number of piperidine rings is 1. The molecule has 1 aromatic carbocycles. The molecule has 29 heavy (non-hydrogen) atoms. The van der Waals surface area contributed by atoms with Crippen LogP contribution in [-0.4, -0.2) is 64.1 Å². The summed E-state index contributed by atoms with van der Waals surface area (Å²) in [5.41, 5.74) is 2.01. The van der Waals surface area contributed by atoms with Gasteiger partial charge in [-0.3, -0.25) is 9.69 Å². The fourth-order valence-corrected chi connectivity index (χ4v) is 4.54. The molecule has 6 nitrogen and oxygen atoms in total. The third-order valence-corrected chi connectivity index (χ3v) is 6.23. The number of nitrogens with zero attached hydrogens (tertiary/aromatic N) is 4. The maximum absolute atomic E-state index is 13.1. The zero-order valence-corrected chi connectivity index (χ0v) is 17.4. The van der Waals surface area contributed by atoms with Gasteiger partial charge in [0.05, 0.1) is 19.1 Å². The molecule has 0 saturated carbocycles. The molecule has 1 fully saturated rings. The van der Waals surface area contributed by atoms with Crippen molar-refractivity contribution in [3.05, 3.63) is 48.0 Å². The Bertz CT molecular complexity index is 819. The van der Waals surface area contributed by atoms with E-state index in [-0.39, 0.29) is 5.91 Å². The molecule has 4 rings (SSSR count). The van der Waals surface area contributed by atoms with Gasteiger partial charge < -0.3 is 14.2 Å². The number of hydrogen-bond acceptors (Lipinski definition) is 4. The number of ether oxygens (including phenoxy) is 1. The van der Waals surface area contributed by atoms with Gasteiger partial charge >= 0.3 is 0 Å². The number of rotatable bonds is 1. The van der Waals surface area contributed by atoms with Crippen molar-refractivity contribution in [2.45, 2.75) is 44.6 Å². The summed E-state index contributed by atoms with van der Waals surface area (Å²) in [6.45, 7) is 4.15. The first-order valence-corrected chi connectivity index (χ1v) is 10.9. The molecule has 1 unspecified atom stereocenters. The second kappa shape index (κ2) is 9.44. The Morgan fingerprint density at radius 3 is 2.90 bits per heavy atom. The number of aryl methyl sites for hydroxylation is 2. The van der Waals surface area contributed by atoms with Crippen LogP contribution in [-0.2, 0) is 13.5 Å². The molecule has 0 spiro atoms. The summed E-state index contributed by atoms with van der Waals surface area (Å²) in [5.74, 6) is 0.997. The summed E-state index contributed by atoms with van der Waals surface area (Å²) in [6, 6.07) is 9.11. The Morgan fingerprint density at radius 2 is 2.03 bits per heavy atom. The first-order chi connectivity index (χ1) is 14.2. The number of aromatic nitrogens is 2. The summed E-state index contributed by atoms with van der Waals surface area (Å²) in [7, 11) is 1.88. The second-order valence-corrected chi connectivity index (χ2v) is 8.26. The third-order valence-electron chi connectivity index (χ3n) is 6.23. The van der Waals surface area contributed by atoms with E-state index in [1.54, 1.807) is 17.1 Å². The Kier molecular flexibility index (Phi) is 6.49. The zero-order chi connectivity index (χ0) is 20.1. The van der Waals surface area contributed by atoms with Crippen LogP contribution in [0.4, 0.5) is 0 Å². The smallest absolute Gasteiger partial charge is 0.272 e. The lowest BCUT2D eigenvalue weighted by atomic mass is 9.95. The first-order valence-electron chi connectivity index (χ1n) is 10.9. The quantitative estimate of drug-likeness (QED) is 0.743. The van der Waals surface area contributed by atoms with Crippen molar-refractivity contribution in [3.63, 3.8) is 0 Å². The van der Waals surface area contributed by atoms with Crippen LogP contribution in [0, 0.1) is 0 Å². The standard InChI is InChI=1S/C23H32N4O2/c1-25-18-24-17-22(25)23(28)27-12-5-15-29-21-8-4-6-19(16-21)9-10-20-7-2-3-11-26(20)13-14-27/h4,6,8,16-18,20H,2-3,5,7,9-15H2,1H3. The van der Waals surface area contributed by atoms with Crippen LogP contribution >= 0.6 is 0 Å². The number of carbonyl (C=O) groups excluding carboxylic acids is 1. The summed E-state index contributed by atoms with van der Waals surface area (Å²) in [5, 5.41) is 0. The van der Waals surface area contributed by atoms with Gasteiger partial charge in [0.25, 0.3) is 5.91 Å². The highest BCUT2D eigenvalue weighted by molar-refractivity contribution is 5.92. The molecule has 0 radical (unpaired) electrons. The van der Waals surface area contributed by atoms with Crippen LogP contribution in [0.1, 0.15) is 48.2 Å². The van der Waals surface area contributed by atoms with Crippen LogP contribution in [0.5, 0.6) is 5.75 Å². The molecule has 6 heteroatoms. The summed E-state index contributed by atoms with van der Waals surface area (Å²) in [6.07, 6.45) is 10.2. The largest absolute Gasteiger partial charge is 0.494 e. The lowest BCUT2D eigenvalue weighted by Crippen LogP contribution is -2.46. The van der Waals surface area contributed by atoms with E-state index in [4.69, 9.17) is 4.74 Å². The molecule has 2 aliphatic rings. The van der Waals surface area contributed by atoms with Crippen LogP contribution < -0.4 is 4.74 Å². The molecule has 3 heterocycles. The second-order valence-electron chi connectivity index (χ2n) is 8.26. The summed E-state index contributed by atoms with van der Waals surface area (Å²) >= 11 is 0. The number of hydrogen-bond donors (Lipinski definition) is 0. The molecule has 2 aromatic rings. The van der Waals surface area contributed by atoms with Crippen molar-refractivity contribution >= 4 is 5.91 Å². The number of imidazole rings is 1. The molecule has 0 aliphatic carbocycles. The van der Waals surface area contributed by atoms with Crippen molar-refractivity contribution < 1.29 is 9.53 Å². The highest BCUT2D eigenvalue weighted by Gasteiger charge is 2.25. The van der Waals surface area contributed by atoms with E-state index in [9.17, 15) is 4.79 Å². The number of fused-ring (bicyclic) bond motifs is 3. The van der Waals surface area contributed by atoms with Crippen LogP contribution in [0.3, 0.4) is 0 Å². The minimum atomic E-state index is 0.0626. The molecular formula is C23H32N4O2. The lowest BCUT2D eigenvalue weighted by molar-refractivity contribution is 0.0673. The number of carbonyl (C=O) groups is 1. The monoisotopic (exact) mass is 396 g/mol. The fraction of sp³-hybridized carbons (Fsp3) is 0.565. The fourth-order valence-electron chi connectivity index (χ4n) is 4.54. The maximum Gasteiger partial charge on any atom is 0.272 e. The van der Waals surface area contributed by atoms with Gasteiger partial charge in [-0.15, -0.1) is 0 Å². The van der Waals surface area contributed by atoms with Crippen LogP contribution in [0.15, 0.2) is 36.8 Å². The Hall–Kier alpha value is -2.34. The number of benzene rings is 1. The van der Waals surface area contributed by atoms with Gasteiger partial charge in [0.1, 0.15) is 11.4 Å². The summed E-state index contributed by atoms with van der Waals surface area (Å²) in [4.78, 5) is 21.8. The maximum atomic E-state index is 13.1. The Labute approximate surface area is 173 Å². The molecule has 2 bridgehead atoms. The molecule has 2 aliphatic heterocycles. The van der Waals surface area contributed by atoms with Gasteiger partial charge in [0, 0.05) is 32.7 Å². The summed E-state index contributed by atoms with van der Waals surface area (Å²) < 4.78 is 7.78. The van der Waals surface area contributed by atoms with E-state index in [0.29, 0.717) is 24.9 Å². The molecule has 1 atom stereocenters. The van der Waals surface area contributed by atoms with Crippen molar-refractivity contribution in [1.82, 2.24) is 19.4 Å². The number of amides is 1. The van der Waals surface area contributed by atoms with E-state index < -0.39 is 0 Å². The normalized spacial score (nSPS) is 21.7. The molecule has 0 N–H and O–H groups in total. The average Bonchev–Trinajstić information content (AvgIpc) is 3.17. The predicted octanol–water partition coefficient (Wildman–Crippen LogP) is 3.13. The highest BCUT2D eigenvalue weighted by atomic mass is 16.5. The van der Waals surface area contributed by atoms with Crippen LogP contribution in [0.2, 0.25) is 0 Å². The Balaban J connectivity index is 1.52. The molecule has 1 saturated heterocycles. The lowest BCUT2D eigenvalue weighted by Gasteiger charge is -2.37. The van der Waals surface area contributed by atoms with Crippen molar-refractivity contribution in [3.8, 4) is 5.75 Å². The van der Waals surface area contributed by atoms with E-state index in [0.717, 1.165) is 38.2 Å².